The molecule has 2 aromatic heterocycles. The Balaban J connectivity index is 1.94. The topological polar surface area (TPSA) is 26.5 Å². The molecule has 2 heterocycles. The third-order valence-electron chi connectivity index (χ3n) is 2.79. The minimum Gasteiger partial charge on any atom is -0.435 e. The minimum atomic E-state index is -2.85. The van der Waals surface area contributed by atoms with Gasteiger partial charge in [-0.25, -0.2) is 9.37 Å². The van der Waals surface area contributed by atoms with Crippen LogP contribution in [0.25, 0.3) is 16.9 Å². The number of hydrogen-bond acceptors (Lipinski definition) is 2. The zero-order valence-electron chi connectivity index (χ0n) is 10.1. The maximum atomic E-state index is 13.1. The van der Waals surface area contributed by atoms with Crippen molar-refractivity contribution in [3.63, 3.8) is 0 Å². The van der Waals surface area contributed by atoms with Crippen LogP contribution in [0, 0.1) is 5.82 Å². The molecule has 0 aliphatic rings. The van der Waals surface area contributed by atoms with Crippen molar-refractivity contribution in [2.75, 3.05) is 0 Å². The molecule has 0 fully saturated rings. The van der Waals surface area contributed by atoms with Gasteiger partial charge in [-0.3, -0.25) is 0 Å². The van der Waals surface area contributed by atoms with Crippen molar-refractivity contribution in [3.8, 4) is 17.0 Å². The van der Waals surface area contributed by atoms with Gasteiger partial charge in [-0.15, -0.1) is 0 Å². The quantitative estimate of drug-likeness (QED) is 0.729. The summed E-state index contributed by atoms with van der Waals surface area (Å²) >= 11 is 0. The van der Waals surface area contributed by atoms with E-state index in [9.17, 15) is 13.2 Å². The van der Waals surface area contributed by atoms with E-state index < -0.39 is 6.61 Å². The molecule has 0 saturated carbocycles. The highest BCUT2D eigenvalue weighted by Gasteiger charge is 2.07. The van der Waals surface area contributed by atoms with Crippen molar-refractivity contribution >= 4 is 5.65 Å². The maximum Gasteiger partial charge on any atom is 0.387 e. The van der Waals surface area contributed by atoms with Crippen LogP contribution in [0.1, 0.15) is 0 Å². The Hall–Kier alpha value is -2.50. The third-order valence-corrected chi connectivity index (χ3v) is 2.79. The molecule has 3 rings (SSSR count). The number of imidazole rings is 1. The Labute approximate surface area is 112 Å². The minimum absolute atomic E-state index is 0.0820. The van der Waals surface area contributed by atoms with Gasteiger partial charge in [0.1, 0.15) is 17.2 Å². The van der Waals surface area contributed by atoms with E-state index in [-0.39, 0.29) is 11.6 Å². The number of ether oxygens (including phenoxy) is 1. The molecule has 0 amide bonds. The average molecular weight is 278 g/mol. The summed E-state index contributed by atoms with van der Waals surface area (Å²) in [6, 6.07) is 9.00. The number of rotatable bonds is 3. The molecule has 3 nitrogen and oxygen atoms in total. The summed E-state index contributed by atoms with van der Waals surface area (Å²) in [5, 5.41) is 0. The molecule has 0 aliphatic heterocycles. The van der Waals surface area contributed by atoms with Crippen molar-refractivity contribution in [1.29, 1.82) is 0 Å². The van der Waals surface area contributed by atoms with Crippen LogP contribution >= 0.6 is 0 Å². The highest BCUT2D eigenvalue weighted by atomic mass is 19.3. The molecule has 20 heavy (non-hydrogen) atoms. The van der Waals surface area contributed by atoms with Crippen LogP contribution in [-0.4, -0.2) is 16.0 Å². The van der Waals surface area contributed by atoms with E-state index in [1.807, 2.05) is 0 Å². The first-order chi connectivity index (χ1) is 9.61. The van der Waals surface area contributed by atoms with Crippen LogP contribution in [0.2, 0.25) is 0 Å². The van der Waals surface area contributed by atoms with Crippen molar-refractivity contribution < 1.29 is 17.9 Å². The zero-order chi connectivity index (χ0) is 14.1. The summed E-state index contributed by atoms with van der Waals surface area (Å²) in [6.45, 7) is -2.85. The molecule has 3 aromatic rings. The maximum absolute atomic E-state index is 13.1. The van der Waals surface area contributed by atoms with Crippen molar-refractivity contribution in [3.05, 3.63) is 54.6 Å². The molecule has 0 bridgehead atoms. The Bertz CT molecular complexity index is 738. The van der Waals surface area contributed by atoms with Gasteiger partial charge in [0.05, 0.1) is 5.69 Å². The smallest absolute Gasteiger partial charge is 0.387 e. The predicted molar refractivity (Wildman–Crippen MR) is 67.2 cm³/mol. The Morgan fingerprint density at radius 1 is 1.00 bits per heavy atom. The van der Waals surface area contributed by atoms with Gasteiger partial charge in [-0.2, -0.15) is 8.78 Å². The van der Waals surface area contributed by atoms with Crippen LogP contribution < -0.4 is 4.74 Å². The molecule has 0 atom stereocenters. The standard InChI is InChI=1S/C14H9F3N2O/c15-10-3-6-13-18-12(8-19(13)7-10)9-1-4-11(5-2-9)20-14(16)17/h1-8,14H. The van der Waals surface area contributed by atoms with Gasteiger partial charge in [0, 0.05) is 18.0 Å². The van der Waals surface area contributed by atoms with E-state index in [1.165, 1.54) is 24.4 Å². The van der Waals surface area contributed by atoms with Crippen molar-refractivity contribution in [2.24, 2.45) is 0 Å². The van der Waals surface area contributed by atoms with Crippen LogP contribution in [0.5, 0.6) is 5.75 Å². The summed E-state index contributed by atoms with van der Waals surface area (Å²) in [7, 11) is 0. The molecule has 102 valence electrons. The largest absolute Gasteiger partial charge is 0.435 e. The molecular formula is C14H9F3N2O. The number of nitrogens with zero attached hydrogens (tertiary/aromatic N) is 2. The van der Waals surface area contributed by atoms with Crippen LogP contribution in [0.15, 0.2) is 48.8 Å². The molecule has 6 heteroatoms. The number of aromatic nitrogens is 2. The van der Waals surface area contributed by atoms with E-state index in [0.29, 0.717) is 11.3 Å². The first-order valence-electron chi connectivity index (χ1n) is 5.81. The number of halogens is 3. The molecule has 1 aromatic carbocycles. The summed E-state index contributed by atoms with van der Waals surface area (Å²) in [5.41, 5.74) is 1.96. The Kier molecular flexibility index (Phi) is 3.06. The molecule has 0 aliphatic carbocycles. The van der Waals surface area contributed by atoms with Gasteiger partial charge in [0.2, 0.25) is 0 Å². The molecule has 0 spiro atoms. The summed E-state index contributed by atoms with van der Waals surface area (Å²) in [4.78, 5) is 4.32. The van der Waals surface area contributed by atoms with Crippen LogP contribution in [-0.2, 0) is 0 Å². The van der Waals surface area contributed by atoms with Crippen molar-refractivity contribution in [2.45, 2.75) is 6.61 Å². The second kappa shape index (κ2) is 4.88. The first-order valence-corrected chi connectivity index (χ1v) is 5.81. The molecule has 0 unspecified atom stereocenters. The van der Waals surface area contributed by atoms with Crippen LogP contribution in [0.3, 0.4) is 0 Å². The first kappa shape index (κ1) is 12.5. The van der Waals surface area contributed by atoms with E-state index in [0.717, 1.165) is 5.56 Å². The van der Waals surface area contributed by atoms with E-state index in [4.69, 9.17) is 0 Å². The monoisotopic (exact) mass is 278 g/mol. The van der Waals surface area contributed by atoms with Gasteiger partial charge in [-0.1, -0.05) is 0 Å². The van der Waals surface area contributed by atoms with Gasteiger partial charge >= 0.3 is 6.61 Å². The summed E-state index contributed by atoms with van der Waals surface area (Å²) in [6.07, 6.45) is 2.99. The lowest BCUT2D eigenvalue weighted by Gasteiger charge is -2.04. The Morgan fingerprint density at radius 3 is 2.45 bits per heavy atom. The molecule has 0 saturated heterocycles. The zero-order valence-corrected chi connectivity index (χ0v) is 10.1. The molecule has 0 N–H and O–H groups in total. The van der Waals surface area contributed by atoms with E-state index in [1.54, 1.807) is 28.8 Å². The number of fused-ring (bicyclic) bond motifs is 1. The van der Waals surface area contributed by atoms with Gasteiger partial charge < -0.3 is 9.14 Å². The summed E-state index contributed by atoms with van der Waals surface area (Å²) < 4.78 is 43.0. The number of benzene rings is 1. The third kappa shape index (κ3) is 2.45. The SMILES string of the molecule is Fc1ccc2nc(-c3ccc(OC(F)F)cc3)cn2c1. The molecular weight excluding hydrogens is 269 g/mol. The van der Waals surface area contributed by atoms with Crippen molar-refractivity contribution in [1.82, 2.24) is 9.38 Å². The fourth-order valence-electron chi connectivity index (χ4n) is 1.91. The fraction of sp³-hybridized carbons (Fsp3) is 0.0714. The molecule has 0 radical (unpaired) electrons. The lowest BCUT2D eigenvalue weighted by Crippen LogP contribution is -2.01. The van der Waals surface area contributed by atoms with E-state index in [2.05, 4.69) is 9.72 Å². The fourth-order valence-corrected chi connectivity index (χ4v) is 1.91. The lowest BCUT2D eigenvalue weighted by atomic mass is 10.2. The number of pyridine rings is 1. The normalized spacial score (nSPS) is 11.2. The summed E-state index contributed by atoms with van der Waals surface area (Å²) in [5.74, 6) is -0.277. The average Bonchev–Trinajstić information content (AvgIpc) is 2.81. The van der Waals surface area contributed by atoms with Crippen LogP contribution in [0.4, 0.5) is 13.2 Å². The van der Waals surface area contributed by atoms with E-state index >= 15 is 0 Å². The number of hydrogen-bond donors (Lipinski definition) is 0. The van der Waals surface area contributed by atoms with Gasteiger partial charge in [-0.05, 0) is 36.4 Å². The Morgan fingerprint density at radius 2 is 1.75 bits per heavy atom. The predicted octanol–water partition coefficient (Wildman–Crippen LogP) is 3.74. The van der Waals surface area contributed by atoms with Gasteiger partial charge in [0.25, 0.3) is 0 Å². The second-order valence-electron chi connectivity index (χ2n) is 4.14. The van der Waals surface area contributed by atoms with Gasteiger partial charge in [0.15, 0.2) is 0 Å². The highest BCUT2D eigenvalue weighted by Crippen LogP contribution is 2.23. The lowest BCUT2D eigenvalue weighted by molar-refractivity contribution is -0.0498. The highest BCUT2D eigenvalue weighted by molar-refractivity contribution is 5.63. The second-order valence-corrected chi connectivity index (χ2v) is 4.14. The number of alkyl halides is 2.